The highest BCUT2D eigenvalue weighted by Gasteiger charge is 2.26. The van der Waals surface area contributed by atoms with Gasteiger partial charge in [-0.1, -0.05) is 219 Å². The SMILES string of the molecule is CCCCCCCCCCCCCCCCCCCC(=O)OC[C@H](COP(=O)(O)OCCNC(C)=O)OC(=O)CCCCCCCCCCCCCCCCCCC. The number of carbonyl (C=O) groups excluding carboxylic acids is 3. The Kier molecular flexibility index (Phi) is 42.5. The van der Waals surface area contributed by atoms with Crippen LogP contribution in [-0.4, -0.2) is 55.2 Å². The highest BCUT2D eigenvalue weighted by atomic mass is 31.2. The van der Waals surface area contributed by atoms with Crippen LogP contribution in [0, 0.1) is 0 Å². The van der Waals surface area contributed by atoms with E-state index < -0.39 is 32.5 Å². The number of unbranched alkanes of at least 4 members (excludes halogenated alkanes) is 32. The molecule has 0 aromatic rings. The lowest BCUT2D eigenvalue weighted by Gasteiger charge is -2.20. The predicted molar refractivity (Wildman–Crippen MR) is 239 cm³/mol. The van der Waals surface area contributed by atoms with Gasteiger partial charge in [0.05, 0.1) is 13.2 Å². The van der Waals surface area contributed by atoms with Gasteiger partial charge in [0, 0.05) is 26.3 Å². The van der Waals surface area contributed by atoms with E-state index in [1.807, 2.05) is 0 Å². The molecule has 0 spiro atoms. The van der Waals surface area contributed by atoms with Crippen molar-refractivity contribution >= 4 is 25.7 Å². The third kappa shape index (κ3) is 44.1. The molecule has 0 saturated carbocycles. The van der Waals surface area contributed by atoms with Crippen molar-refractivity contribution < 1.29 is 42.4 Å². The fourth-order valence-corrected chi connectivity index (χ4v) is 7.96. The Morgan fingerprint density at radius 1 is 0.483 bits per heavy atom. The summed E-state index contributed by atoms with van der Waals surface area (Å²) >= 11 is 0. The molecule has 2 atom stereocenters. The Labute approximate surface area is 356 Å². The molecule has 0 fully saturated rings. The molecule has 0 rings (SSSR count). The van der Waals surface area contributed by atoms with E-state index in [9.17, 15) is 23.8 Å². The van der Waals surface area contributed by atoms with Crippen LogP contribution in [0.4, 0.5) is 0 Å². The molecule has 58 heavy (non-hydrogen) atoms. The van der Waals surface area contributed by atoms with E-state index in [2.05, 4.69) is 19.2 Å². The second-order valence-electron chi connectivity index (χ2n) is 16.7. The van der Waals surface area contributed by atoms with Crippen molar-refractivity contribution in [1.82, 2.24) is 5.32 Å². The second-order valence-corrected chi connectivity index (χ2v) is 18.1. The van der Waals surface area contributed by atoms with Crippen molar-refractivity contribution in [2.75, 3.05) is 26.4 Å². The number of phosphoric acid groups is 1. The van der Waals surface area contributed by atoms with E-state index in [0.717, 1.165) is 38.5 Å². The van der Waals surface area contributed by atoms with Crippen LogP contribution in [0.3, 0.4) is 0 Å². The number of ether oxygens (including phenoxy) is 2. The standard InChI is InChI=1S/C47H92NO9P/c1-4-6-8-10-12-14-16-18-20-22-24-26-28-30-32-34-36-38-46(50)54-42-45(43-56-58(52,53)55-41-40-48-44(3)49)57-47(51)39-37-35-33-31-29-27-25-23-21-19-17-15-13-11-9-7-5-2/h45H,4-43H2,1-3H3,(H,48,49)(H,52,53)/t45-/m1/s1. The monoisotopic (exact) mass is 846 g/mol. The normalized spacial score (nSPS) is 13.0. The van der Waals surface area contributed by atoms with Crippen molar-refractivity contribution in [1.29, 1.82) is 0 Å². The third-order valence-electron chi connectivity index (χ3n) is 10.9. The molecule has 0 aliphatic rings. The first-order valence-corrected chi connectivity index (χ1v) is 25.9. The molecule has 11 heteroatoms. The zero-order chi connectivity index (χ0) is 42.6. The van der Waals surface area contributed by atoms with Gasteiger partial charge in [-0.25, -0.2) is 4.57 Å². The lowest BCUT2D eigenvalue weighted by molar-refractivity contribution is -0.161. The zero-order valence-corrected chi connectivity index (χ0v) is 38.9. The Balaban J connectivity index is 4.22. The molecular formula is C47H92NO9P. The number of hydrogen-bond donors (Lipinski definition) is 2. The minimum Gasteiger partial charge on any atom is -0.462 e. The Morgan fingerprint density at radius 3 is 1.16 bits per heavy atom. The quantitative estimate of drug-likeness (QED) is 0.0348. The van der Waals surface area contributed by atoms with Crippen LogP contribution in [0.5, 0.6) is 0 Å². The molecule has 0 aliphatic carbocycles. The first kappa shape index (κ1) is 56.5. The Bertz CT molecular complexity index is 982. The molecule has 0 saturated heterocycles. The maximum Gasteiger partial charge on any atom is 0.472 e. The van der Waals surface area contributed by atoms with Crippen molar-refractivity contribution in [3.63, 3.8) is 0 Å². The van der Waals surface area contributed by atoms with Crippen molar-refractivity contribution in [3.8, 4) is 0 Å². The highest BCUT2D eigenvalue weighted by molar-refractivity contribution is 7.47. The largest absolute Gasteiger partial charge is 0.472 e. The van der Waals surface area contributed by atoms with Gasteiger partial charge in [0.15, 0.2) is 6.10 Å². The number of phosphoric ester groups is 1. The number of amides is 1. The summed E-state index contributed by atoms with van der Waals surface area (Å²) in [5.41, 5.74) is 0. The van der Waals surface area contributed by atoms with Crippen LogP contribution >= 0.6 is 7.82 Å². The van der Waals surface area contributed by atoms with E-state index in [4.69, 9.17) is 18.5 Å². The molecule has 1 unspecified atom stereocenters. The maximum absolute atomic E-state index is 12.7. The molecule has 0 radical (unpaired) electrons. The summed E-state index contributed by atoms with van der Waals surface area (Å²) in [6.45, 7) is 4.93. The zero-order valence-electron chi connectivity index (χ0n) is 38.0. The van der Waals surface area contributed by atoms with Gasteiger partial charge in [-0.2, -0.15) is 0 Å². The van der Waals surface area contributed by atoms with Crippen LogP contribution in [0.2, 0.25) is 0 Å². The summed E-state index contributed by atoms with van der Waals surface area (Å²) in [5.74, 6) is -1.15. The molecule has 0 aromatic heterocycles. The molecule has 2 N–H and O–H groups in total. The lowest BCUT2D eigenvalue weighted by Crippen LogP contribution is -2.30. The molecule has 0 aliphatic heterocycles. The van der Waals surface area contributed by atoms with E-state index in [0.29, 0.717) is 6.42 Å². The van der Waals surface area contributed by atoms with E-state index in [1.54, 1.807) is 0 Å². The summed E-state index contributed by atoms with van der Waals surface area (Å²) in [6, 6.07) is 0. The van der Waals surface area contributed by atoms with E-state index in [-0.39, 0.29) is 38.5 Å². The molecule has 1 amide bonds. The number of rotatable bonds is 46. The summed E-state index contributed by atoms with van der Waals surface area (Å²) < 4.78 is 33.3. The molecule has 0 aromatic carbocycles. The first-order chi connectivity index (χ1) is 28.2. The molecule has 10 nitrogen and oxygen atoms in total. The number of hydrogen-bond acceptors (Lipinski definition) is 8. The lowest BCUT2D eigenvalue weighted by atomic mass is 10.0. The molecule has 0 heterocycles. The first-order valence-electron chi connectivity index (χ1n) is 24.4. The van der Waals surface area contributed by atoms with Gasteiger partial charge in [-0.15, -0.1) is 0 Å². The summed E-state index contributed by atoms with van der Waals surface area (Å²) in [6.07, 6.45) is 42.3. The smallest absolute Gasteiger partial charge is 0.462 e. The second kappa shape index (κ2) is 43.6. The average molecular weight is 846 g/mol. The van der Waals surface area contributed by atoms with Gasteiger partial charge in [0.1, 0.15) is 6.61 Å². The van der Waals surface area contributed by atoms with Gasteiger partial charge < -0.3 is 19.7 Å². The number of esters is 2. The molecular weight excluding hydrogens is 753 g/mol. The average Bonchev–Trinajstić information content (AvgIpc) is 3.19. The number of nitrogens with one attached hydrogen (secondary N) is 1. The summed E-state index contributed by atoms with van der Waals surface area (Å²) in [4.78, 5) is 46.3. The highest BCUT2D eigenvalue weighted by Crippen LogP contribution is 2.43. The summed E-state index contributed by atoms with van der Waals surface area (Å²) in [7, 11) is -4.48. The molecule has 0 bridgehead atoms. The number of carbonyl (C=O) groups is 3. The minimum atomic E-state index is -4.48. The molecule has 344 valence electrons. The van der Waals surface area contributed by atoms with Crippen molar-refractivity contribution in [2.45, 2.75) is 258 Å². The third-order valence-corrected chi connectivity index (χ3v) is 11.8. The summed E-state index contributed by atoms with van der Waals surface area (Å²) in [5, 5.41) is 2.47. The van der Waals surface area contributed by atoms with E-state index in [1.165, 1.54) is 180 Å². The Hall–Kier alpha value is -1.48. The van der Waals surface area contributed by atoms with Gasteiger partial charge in [0.2, 0.25) is 5.91 Å². The van der Waals surface area contributed by atoms with Gasteiger partial charge in [-0.3, -0.25) is 23.4 Å². The maximum atomic E-state index is 12.7. The van der Waals surface area contributed by atoms with Gasteiger partial charge in [-0.05, 0) is 12.8 Å². The topological polar surface area (TPSA) is 137 Å². The van der Waals surface area contributed by atoms with Crippen LogP contribution in [0.25, 0.3) is 0 Å². The van der Waals surface area contributed by atoms with Crippen LogP contribution in [-0.2, 0) is 37.5 Å². The van der Waals surface area contributed by atoms with E-state index >= 15 is 0 Å². The predicted octanol–water partition coefficient (Wildman–Crippen LogP) is 13.8. The van der Waals surface area contributed by atoms with Crippen LogP contribution in [0.1, 0.15) is 252 Å². The Morgan fingerprint density at radius 2 is 0.810 bits per heavy atom. The fraction of sp³-hybridized carbons (Fsp3) is 0.936. The minimum absolute atomic E-state index is 0.0397. The van der Waals surface area contributed by atoms with Crippen molar-refractivity contribution in [2.24, 2.45) is 0 Å². The van der Waals surface area contributed by atoms with Crippen LogP contribution in [0.15, 0.2) is 0 Å². The fourth-order valence-electron chi connectivity index (χ4n) is 7.21. The van der Waals surface area contributed by atoms with Crippen molar-refractivity contribution in [3.05, 3.63) is 0 Å². The van der Waals surface area contributed by atoms with Gasteiger partial charge in [0.25, 0.3) is 0 Å². The van der Waals surface area contributed by atoms with Crippen LogP contribution < -0.4 is 5.32 Å². The van der Waals surface area contributed by atoms with Gasteiger partial charge >= 0.3 is 19.8 Å².